The number of nitrogens with one attached hydrogen (secondary N) is 1. The molecule has 2 aromatic rings. The number of para-hydroxylation sites is 1. The number of benzene rings is 1. The van der Waals surface area contributed by atoms with Crippen molar-refractivity contribution in [2.45, 2.75) is 38.6 Å². The standard InChI is InChI=1S/C15H20N2/c1-9(2)11-4-3-5-12-13(8-17-15(11)12)14(16)10-6-7-10/h3-5,8-10,14,17H,6-7,16H2,1-2H3. The average Bonchev–Trinajstić information content (AvgIpc) is 3.07. The number of hydrogen-bond donors (Lipinski definition) is 2. The van der Waals surface area contributed by atoms with E-state index in [1.165, 1.54) is 34.9 Å². The van der Waals surface area contributed by atoms with Crippen molar-refractivity contribution >= 4 is 10.9 Å². The molecule has 1 atom stereocenters. The van der Waals surface area contributed by atoms with Gasteiger partial charge in [-0.1, -0.05) is 32.0 Å². The lowest BCUT2D eigenvalue weighted by atomic mass is 9.97. The molecule has 1 aliphatic rings. The Morgan fingerprint density at radius 1 is 1.24 bits per heavy atom. The van der Waals surface area contributed by atoms with Crippen molar-refractivity contribution in [3.05, 3.63) is 35.5 Å². The monoisotopic (exact) mass is 228 g/mol. The molecule has 1 heterocycles. The zero-order valence-corrected chi connectivity index (χ0v) is 10.5. The summed E-state index contributed by atoms with van der Waals surface area (Å²) in [6.07, 6.45) is 4.69. The van der Waals surface area contributed by atoms with Crippen LogP contribution in [0.25, 0.3) is 10.9 Å². The number of fused-ring (bicyclic) bond motifs is 1. The number of hydrogen-bond acceptors (Lipinski definition) is 1. The summed E-state index contributed by atoms with van der Waals surface area (Å²) in [6.45, 7) is 4.46. The molecule has 0 amide bonds. The number of aromatic amines is 1. The Kier molecular flexibility index (Phi) is 2.48. The van der Waals surface area contributed by atoms with Crippen molar-refractivity contribution in [2.24, 2.45) is 11.7 Å². The summed E-state index contributed by atoms with van der Waals surface area (Å²) >= 11 is 0. The zero-order valence-electron chi connectivity index (χ0n) is 10.5. The molecule has 0 aliphatic heterocycles. The van der Waals surface area contributed by atoms with Gasteiger partial charge in [0.05, 0.1) is 0 Å². The third-order valence-electron chi connectivity index (χ3n) is 3.89. The molecule has 0 saturated heterocycles. The van der Waals surface area contributed by atoms with E-state index in [0.29, 0.717) is 11.8 Å². The predicted octanol–water partition coefficient (Wildman–Crippen LogP) is 3.70. The molecule has 0 radical (unpaired) electrons. The molecule has 1 aromatic carbocycles. The Bertz CT molecular complexity index is 535. The van der Waals surface area contributed by atoms with Gasteiger partial charge in [0.2, 0.25) is 0 Å². The first-order valence-electron chi connectivity index (χ1n) is 6.54. The van der Waals surface area contributed by atoms with Crippen molar-refractivity contribution in [3.8, 4) is 0 Å². The zero-order chi connectivity index (χ0) is 12.0. The normalized spacial score (nSPS) is 17.9. The van der Waals surface area contributed by atoms with Gasteiger partial charge >= 0.3 is 0 Å². The topological polar surface area (TPSA) is 41.8 Å². The molecule has 1 saturated carbocycles. The summed E-state index contributed by atoms with van der Waals surface area (Å²) in [4.78, 5) is 3.42. The third kappa shape index (κ3) is 1.77. The first kappa shape index (κ1) is 10.8. The summed E-state index contributed by atoms with van der Waals surface area (Å²) in [5, 5.41) is 1.32. The second-order valence-corrected chi connectivity index (χ2v) is 5.53. The van der Waals surface area contributed by atoms with Gasteiger partial charge in [-0.2, -0.15) is 0 Å². The summed E-state index contributed by atoms with van der Waals surface area (Å²) in [6, 6.07) is 6.76. The van der Waals surface area contributed by atoms with Crippen LogP contribution in [-0.2, 0) is 0 Å². The number of rotatable bonds is 3. The average molecular weight is 228 g/mol. The lowest BCUT2D eigenvalue weighted by Crippen LogP contribution is -2.11. The minimum Gasteiger partial charge on any atom is -0.361 e. The summed E-state index contributed by atoms with van der Waals surface area (Å²) in [5.74, 6) is 1.25. The minimum absolute atomic E-state index is 0.214. The summed E-state index contributed by atoms with van der Waals surface area (Å²) in [7, 11) is 0. The van der Waals surface area contributed by atoms with Gasteiger partial charge in [0.1, 0.15) is 0 Å². The fraction of sp³-hybridized carbons (Fsp3) is 0.467. The van der Waals surface area contributed by atoms with E-state index in [0.717, 1.165) is 0 Å². The second kappa shape index (κ2) is 3.88. The molecule has 3 N–H and O–H groups in total. The van der Waals surface area contributed by atoms with Crippen molar-refractivity contribution in [1.29, 1.82) is 0 Å². The van der Waals surface area contributed by atoms with Crippen molar-refractivity contribution in [2.75, 3.05) is 0 Å². The number of aromatic nitrogens is 1. The lowest BCUT2D eigenvalue weighted by Gasteiger charge is -2.10. The highest BCUT2D eigenvalue weighted by Gasteiger charge is 2.31. The number of nitrogens with two attached hydrogens (primary N) is 1. The van der Waals surface area contributed by atoms with Gasteiger partial charge < -0.3 is 10.7 Å². The van der Waals surface area contributed by atoms with E-state index in [9.17, 15) is 0 Å². The van der Waals surface area contributed by atoms with Crippen LogP contribution >= 0.6 is 0 Å². The summed E-state index contributed by atoms with van der Waals surface area (Å²) < 4.78 is 0. The summed E-state index contributed by atoms with van der Waals surface area (Å²) in [5.41, 5.74) is 10.3. The van der Waals surface area contributed by atoms with E-state index in [1.54, 1.807) is 0 Å². The van der Waals surface area contributed by atoms with E-state index in [4.69, 9.17) is 5.73 Å². The molecule has 2 nitrogen and oxygen atoms in total. The molecule has 1 fully saturated rings. The van der Waals surface area contributed by atoms with E-state index in [1.807, 2.05) is 0 Å². The maximum atomic E-state index is 6.32. The van der Waals surface area contributed by atoms with Crippen LogP contribution in [-0.4, -0.2) is 4.98 Å². The lowest BCUT2D eigenvalue weighted by molar-refractivity contribution is 0.638. The molecule has 1 aromatic heterocycles. The van der Waals surface area contributed by atoms with E-state index in [-0.39, 0.29) is 6.04 Å². The van der Waals surface area contributed by atoms with Crippen LogP contribution in [0.4, 0.5) is 0 Å². The van der Waals surface area contributed by atoms with Gasteiger partial charge in [0.25, 0.3) is 0 Å². The van der Waals surface area contributed by atoms with E-state index in [2.05, 4.69) is 43.2 Å². The maximum Gasteiger partial charge on any atom is 0.0492 e. The quantitative estimate of drug-likeness (QED) is 0.826. The maximum absolute atomic E-state index is 6.32. The van der Waals surface area contributed by atoms with Gasteiger partial charge in [-0.3, -0.25) is 0 Å². The molecule has 17 heavy (non-hydrogen) atoms. The Morgan fingerprint density at radius 2 is 2.00 bits per heavy atom. The first-order chi connectivity index (χ1) is 8.18. The van der Waals surface area contributed by atoms with Gasteiger partial charge in [-0.05, 0) is 35.8 Å². The molecule has 0 spiro atoms. The molecule has 90 valence electrons. The van der Waals surface area contributed by atoms with Crippen LogP contribution in [0.3, 0.4) is 0 Å². The van der Waals surface area contributed by atoms with Crippen LogP contribution in [0.5, 0.6) is 0 Å². The van der Waals surface area contributed by atoms with Crippen LogP contribution < -0.4 is 5.73 Å². The van der Waals surface area contributed by atoms with Crippen LogP contribution in [0, 0.1) is 5.92 Å². The van der Waals surface area contributed by atoms with Crippen LogP contribution in [0.1, 0.15) is 49.8 Å². The molecule has 2 heteroatoms. The highest BCUT2D eigenvalue weighted by Crippen LogP contribution is 2.42. The van der Waals surface area contributed by atoms with Crippen molar-refractivity contribution in [1.82, 2.24) is 4.98 Å². The van der Waals surface area contributed by atoms with Crippen LogP contribution in [0.2, 0.25) is 0 Å². The minimum atomic E-state index is 0.214. The van der Waals surface area contributed by atoms with Gasteiger partial charge in [-0.25, -0.2) is 0 Å². The Balaban J connectivity index is 2.12. The first-order valence-corrected chi connectivity index (χ1v) is 6.54. The van der Waals surface area contributed by atoms with Gasteiger partial charge in [0.15, 0.2) is 0 Å². The molecular weight excluding hydrogens is 208 g/mol. The Hall–Kier alpha value is -1.28. The highest BCUT2D eigenvalue weighted by atomic mass is 14.7. The van der Waals surface area contributed by atoms with Crippen molar-refractivity contribution < 1.29 is 0 Å². The Morgan fingerprint density at radius 3 is 2.65 bits per heavy atom. The number of H-pyrrole nitrogens is 1. The highest BCUT2D eigenvalue weighted by molar-refractivity contribution is 5.87. The smallest absolute Gasteiger partial charge is 0.0492 e. The van der Waals surface area contributed by atoms with Crippen molar-refractivity contribution in [3.63, 3.8) is 0 Å². The molecular formula is C15H20N2. The largest absolute Gasteiger partial charge is 0.361 e. The second-order valence-electron chi connectivity index (χ2n) is 5.53. The third-order valence-corrected chi connectivity index (χ3v) is 3.89. The van der Waals surface area contributed by atoms with Crippen LogP contribution in [0.15, 0.2) is 24.4 Å². The fourth-order valence-electron chi connectivity index (χ4n) is 2.67. The Labute approximate surface area is 102 Å². The predicted molar refractivity (Wildman–Crippen MR) is 72.0 cm³/mol. The van der Waals surface area contributed by atoms with Gasteiger partial charge in [0, 0.05) is 23.1 Å². The SMILES string of the molecule is CC(C)c1cccc2c(C(N)C3CC3)c[nH]c12. The van der Waals surface area contributed by atoms with E-state index < -0.39 is 0 Å². The molecule has 1 aliphatic carbocycles. The van der Waals surface area contributed by atoms with E-state index >= 15 is 0 Å². The van der Waals surface area contributed by atoms with Gasteiger partial charge in [-0.15, -0.1) is 0 Å². The molecule has 0 bridgehead atoms. The molecule has 1 unspecified atom stereocenters. The fourth-order valence-corrected chi connectivity index (χ4v) is 2.67. The molecule has 3 rings (SSSR count).